The standard InChI is InChI=1S/C20H21N3O3S/c24-19(21-13-2-3-13)11-1-4-16-15(9-11)18-14(5-7-23(18)20(25)26)17(22-16)12-6-8-27-10-12/h1,4,6,8-10,13-14,17-18,22H,2-3,5,7H2,(H,21,24)(H,25,26). The summed E-state index contributed by atoms with van der Waals surface area (Å²) in [6, 6.07) is 7.89. The SMILES string of the molecule is O=C(NC1CC1)c1ccc2c(c1)C1C(CCN1C(=O)O)C(c1ccsc1)N2. The van der Waals surface area contributed by atoms with E-state index in [0.717, 1.165) is 30.5 Å². The van der Waals surface area contributed by atoms with Gasteiger partial charge in [0, 0.05) is 29.8 Å². The fourth-order valence-corrected chi connectivity index (χ4v) is 5.11. The lowest BCUT2D eigenvalue weighted by atomic mass is 9.80. The maximum Gasteiger partial charge on any atom is 0.407 e. The van der Waals surface area contributed by atoms with Crippen LogP contribution in [0.3, 0.4) is 0 Å². The van der Waals surface area contributed by atoms with Crippen molar-refractivity contribution < 1.29 is 14.7 Å². The smallest absolute Gasteiger partial charge is 0.407 e. The van der Waals surface area contributed by atoms with E-state index in [9.17, 15) is 14.7 Å². The summed E-state index contributed by atoms with van der Waals surface area (Å²) in [5, 5.41) is 20.5. The van der Waals surface area contributed by atoms with E-state index in [0.29, 0.717) is 18.2 Å². The van der Waals surface area contributed by atoms with Gasteiger partial charge in [0.2, 0.25) is 0 Å². The van der Waals surface area contributed by atoms with E-state index in [1.54, 1.807) is 11.3 Å². The monoisotopic (exact) mass is 383 g/mol. The van der Waals surface area contributed by atoms with Gasteiger partial charge in [0.25, 0.3) is 5.91 Å². The van der Waals surface area contributed by atoms with Crippen molar-refractivity contribution in [2.45, 2.75) is 37.4 Å². The molecule has 6 nitrogen and oxygen atoms in total. The van der Waals surface area contributed by atoms with Crippen LogP contribution >= 0.6 is 11.3 Å². The zero-order valence-electron chi connectivity index (χ0n) is 14.7. The van der Waals surface area contributed by atoms with Crippen molar-refractivity contribution in [1.82, 2.24) is 10.2 Å². The number of carbonyl (C=O) groups excluding carboxylic acids is 1. The Balaban J connectivity index is 1.55. The van der Waals surface area contributed by atoms with E-state index < -0.39 is 6.09 Å². The molecule has 3 N–H and O–H groups in total. The largest absolute Gasteiger partial charge is 0.465 e. The molecule has 5 rings (SSSR count). The number of carbonyl (C=O) groups is 2. The number of fused-ring (bicyclic) bond motifs is 3. The highest BCUT2D eigenvalue weighted by molar-refractivity contribution is 7.08. The van der Waals surface area contributed by atoms with Crippen molar-refractivity contribution in [2.24, 2.45) is 5.92 Å². The summed E-state index contributed by atoms with van der Waals surface area (Å²) in [6.07, 6.45) is 1.99. The number of rotatable bonds is 3. The quantitative estimate of drug-likeness (QED) is 0.752. The fourth-order valence-electron chi connectivity index (χ4n) is 4.41. The van der Waals surface area contributed by atoms with Crippen molar-refractivity contribution in [1.29, 1.82) is 0 Å². The normalized spacial score (nSPS) is 26.1. The van der Waals surface area contributed by atoms with Crippen LogP contribution in [0.5, 0.6) is 0 Å². The molecule has 3 aliphatic rings. The van der Waals surface area contributed by atoms with Crippen molar-refractivity contribution in [2.75, 3.05) is 11.9 Å². The van der Waals surface area contributed by atoms with E-state index in [2.05, 4.69) is 27.5 Å². The molecule has 1 saturated carbocycles. The van der Waals surface area contributed by atoms with Gasteiger partial charge in [0.05, 0.1) is 12.1 Å². The Morgan fingerprint density at radius 2 is 2.07 bits per heavy atom. The first-order chi connectivity index (χ1) is 13.1. The summed E-state index contributed by atoms with van der Waals surface area (Å²) in [5.74, 6) is 0.0848. The van der Waals surface area contributed by atoms with Crippen LogP contribution in [-0.4, -0.2) is 34.6 Å². The molecule has 1 aliphatic carbocycles. The molecular weight excluding hydrogens is 362 g/mol. The second-order valence-corrected chi connectivity index (χ2v) is 8.38. The Morgan fingerprint density at radius 1 is 1.22 bits per heavy atom. The molecule has 3 atom stereocenters. The van der Waals surface area contributed by atoms with Crippen molar-refractivity contribution in [3.05, 3.63) is 51.7 Å². The van der Waals surface area contributed by atoms with Gasteiger partial charge in [0.15, 0.2) is 0 Å². The number of amides is 2. The molecule has 1 aromatic carbocycles. The minimum absolute atomic E-state index is 0.0725. The summed E-state index contributed by atoms with van der Waals surface area (Å²) in [4.78, 5) is 25.9. The third-order valence-corrected chi connectivity index (χ3v) is 6.58. The zero-order chi connectivity index (χ0) is 18.5. The maximum absolute atomic E-state index is 12.5. The molecule has 0 radical (unpaired) electrons. The Morgan fingerprint density at radius 3 is 2.78 bits per heavy atom. The highest BCUT2D eigenvalue weighted by Gasteiger charge is 2.46. The molecule has 1 saturated heterocycles. The Bertz CT molecular complexity index is 894. The van der Waals surface area contributed by atoms with Gasteiger partial charge in [-0.1, -0.05) is 0 Å². The van der Waals surface area contributed by atoms with Gasteiger partial charge in [0.1, 0.15) is 0 Å². The number of thiophene rings is 1. The van der Waals surface area contributed by atoms with Gasteiger partial charge < -0.3 is 20.6 Å². The predicted molar refractivity (Wildman–Crippen MR) is 103 cm³/mol. The molecule has 2 fully saturated rings. The lowest BCUT2D eigenvalue weighted by Crippen LogP contribution is -2.37. The third-order valence-electron chi connectivity index (χ3n) is 5.88. The first kappa shape index (κ1) is 16.6. The van der Waals surface area contributed by atoms with E-state index in [1.165, 1.54) is 10.5 Å². The molecule has 1 aromatic heterocycles. The molecule has 0 bridgehead atoms. The number of nitrogens with one attached hydrogen (secondary N) is 2. The fraction of sp³-hybridized carbons (Fsp3) is 0.400. The van der Waals surface area contributed by atoms with Crippen LogP contribution < -0.4 is 10.6 Å². The minimum atomic E-state index is -0.896. The molecule has 140 valence electrons. The first-order valence-electron chi connectivity index (χ1n) is 9.35. The van der Waals surface area contributed by atoms with E-state index in [1.807, 2.05) is 18.2 Å². The van der Waals surface area contributed by atoms with Crippen LogP contribution in [0.4, 0.5) is 10.5 Å². The summed E-state index contributed by atoms with van der Waals surface area (Å²) >= 11 is 1.65. The van der Waals surface area contributed by atoms with Crippen LogP contribution in [0.2, 0.25) is 0 Å². The van der Waals surface area contributed by atoms with Crippen LogP contribution in [0.15, 0.2) is 35.0 Å². The van der Waals surface area contributed by atoms with E-state index in [4.69, 9.17) is 0 Å². The minimum Gasteiger partial charge on any atom is -0.465 e. The number of hydrogen-bond donors (Lipinski definition) is 3. The number of nitrogens with zero attached hydrogens (tertiary/aromatic N) is 1. The molecule has 2 amide bonds. The predicted octanol–water partition coefficient (Wildman–Crippen LogP) is 3.85. The summed E-state index contributed by atoms with van der Waals surface area (Å²) in [5.41, 5.74) is 3.63. The molecule has 2 aliphatic heterocycles. The van der Waals surface area contributed by atoms with Gasteiger partial charge >= 0.3 is 6.09 Å². The number of anilines is 1. The summed E-state index contributed by atoms with van der Waals surface area (Å²) < 4.78 is 0. The van der Waals surface area contributed by atoms with E-state index >= 15 is 0 Å². The highest BCUT2D eigenvalue weighted by atomic mass is 32.1. The van der Waals surface area contributed by atoms with E-state index in [-0.39, 0.29) is 23.9 Å². The molecule has 2 aromatic rings. The molecule has 27 heavy (non-hydrogen) atoms. The van der Waals surface area contributed by atoms with Crippen molar-refractivity contribution >= 4 is 29.0 Å². The average Bonchev–Trinajstić information content (AvgIpc) is 3.14. The molecule has 7 heteroatoms. The molecule has 3 unspecified atom stereocenters. The topological polar surface area (TPSA) is 81.7 Å². The lowest BCUT2D eigenvalue weighted by molar-refractivity contribution is 0.0951. The van der Waals surface area contributed by atoms with Crippen LogP contribution in [0.1, 0.15) is 52.8 Å². The molecular formula is C20H21N3O3S. The van der Waals surface area contributed by atoms with Crippen LogP contribution in [0.25, 0.3) is 0 Å². The van der Waals surface area contributed by atoms with Crippen molar-refractivity contribution in [3.63, 3.8) is 0 Å². The Kier molecular flexibility index (Phi) is 3.86. The zero-order valence-corrected chi connectivity index (χ0v) is 15.5. The lowest BCUT2D eigenvalue weighted by Gasteiger charge is -2.39. The third kappa shape index (κ3) is 2.86. The van der Waals surface area contributed by atoms with Gasteiger partial charge in [-0.05, 0) is 65.4 Å². The summed E-state index contributed by atoms with van der Waals surface area (Å²) in [7, 11) is 0. The Labute approximate surface area is 161 Å². The van der Waals surface area contributed by atoms with Crippen LogP contribution in [-0.2, 0) is 0 Å². The number of hydrogen-bond acceptors (Lipinski definition) is 4. The molecule has 0 spiro atoms. The second-order valence-electron chi connectivity index (χ2n) is 7.60. The van der Waals surface area contributed by atoms with Crippen LogP contribution in [0, 0.1) is 5.92 Å². The van der Waals surface area contributed by atoms with Crippen molar-refractivity contribution in [3.8, 4) is 0 Å². The van der Waals surface area contributed by atoms with Gasteiger partial charge in [-0.2, -0.15) is 11.3 Å². The van der Waals surface area contributed by atoms with Gasteiger partial charge in [-0.25, -0.2) is 4.79 Å². The van der Waals surface area contributed by atoms with Gasteiger partial charge in [-0.3, -0.25) is 4.79 Å². The van der Waals surface area contributed by atoms with Gasteiger partial charge in [-0.15, -0.1) is 0 Å². The molecule has 3 heterocycles. The number of benzene rings is 1. The highest BCUT2D eigenvalue weighted by Crippen LogP contribution is 2.51. The Hall–Kier alpha value is -2.54. The summed E-state index contributed by atoms with van der Waals surface area (Å²) in [6.45, 7) is 0.519. The second kappa shape index (κ2) is 6.27. The maximum atomic E-state index is 12.5. The first-order valence-corrected chi connectivity index (χ1v) is 10.3. The number of likely N-dealkylation sites (tertiary alicyclic amines) is 1. The average molecular weight is 383 g/mol. The number of carboxylic acid groups (broad SMARTS) is 1.